The van der Waals surface area contributed by atoms with Crippen LogP contribution in [0.25, 0.3) is 0 Å². The molecule has 3 unspecified atom stereocenters. The molecule has 31 heavy (non-hydrogen) atoms. The third-order valence-corrected chi connectivity index (χ3v) is 7.44. The predicted molar refractivity (Wildman–Crippen MR) is 109 cm³/mol. The molecule has 1 aliphatic rings. The van der Waals surface area contributed by atoms with E-state index in [0.717, 1.165) is 48.4 Å². The van der Waals surface area contributed by atoms with Gasteiger partial charge in [-0.2, -0.15) is 13.2 Å². The number of esters is 1. The molecule has 0 saturated carbocycles. The number of quaternary nitrogens is 1. The first kappa shape index (κ1) is 23.9. The van der Waals surface area contributed by atoms with Crippen molar-refractivity contribution in [1.82, 2.24) is 19.7 Å². The summed E-state index contributed by atoms with van der Waals surface area (Å²) in [5.41, 5.74) is -0.996. The maximum Gasteiger partial charge on any atom is 0.416 e. The minimum absolute atomic E-state index is 0.00872. The van der Waals surface area contributed by atoms with Gasteiger partial charge < -0.3 is 14.5 Å². The van der Waals surface area contributed by atoms with Crippen molar-refractivity contribution in [2.75, 3.05) is 26.0 Å². The number of aromatic nitrogens is 2. The van der Waals surface area contributed by atoms with Gasteiger partial charge in [-0.25, -0.2) is 9.69 Å². The van der Waals surface area contributed by atoms with E-state index in [0.29, 0.717) is 5.75 Å². The maximum atomic E-state index is 13.5. The van der Waals surface area contributed by atoms with Crippen molar-refractivity contribution < 1.29 is 27.3 Å². The summed E-state index contributed by atoms with van der Waals surface area (Å²) >= 11 is -0.453. The Morgan fingerprint density at radius 2 is 2.03 bits per heavy atom. The minimum atomic E-state index is -4.52. The van der Waals surface area contributed by atoms with Gasteiger partial charge in [0, 0.05) is 22.5 Å². The number of halogens is 3. The molecule has 0 spiro atoms. The normalized spacial score (nSPS) is 23.1. The number of benzene rings is 1. The van der Waals surface area contributed by atoms with E-state index in [2.05, 4.69) is 10.2 Å². The van der Waals surface area contributed by atoms with E-state index in [1.807, 2.05) is 6.92 Å². The molecule has 0 N–H and O–H groups in total. The summed E-state index contributed by atoms with van der Waals surface area (Å²) in [6, 6.07) is 3.56. The third-order valence-electron chi connectivity index (χ3n) is 4.67. The van der Waals surface area contributed by atoms with Crippen LogP contribution in [0.15, 0.2) is 28.6 Å². The standard InChI is InChI=1S/C18H21F3N4O4S2/c1-3-4-9-31(28)17-23-22-16(30-17)25(27)11-24(2)10-14(25)29-15(26)12-5-7-13(8-6-12)18(19,20)21/h5-8,14H,3-4,9-11H2,1-2H3. The highest BCUT2D eigenvalue weighted by Gasteiger charge is 2.46. The highest BCUT2D eigenvalue weighted by molar-refractivity contribution is 7.93. The molecule has 1 aromatic heterocycles. The monoisotopic (exact) mass is 478 g/mol. The molecule has 0 radical (unpaired) electrons. The molecule has 1 aromatic carbocycles. The van der Waals surface area contributed by atoms with Crippen molar-refractivity contribution in [2.45, 2.75) is 36.5 Å². The van der Waals surface area contributed by atoms with Crippen molar-refractivity contribution in [3.8, 4) is 0 Å². The number of ether oxygens (including phenoxy) is 1. The average Bonchev–Trinajstić information content (AvgIpc) is 3.31. The largest absolute Gasteiger partial charge is 0.622 e. The quantitative estimate of drug-likeness (QED) is 0.260. The van der Waals surface area contributed by atoms with Crippen molar-refractivity contribution in [3.05, 3.63) is 40.6 Å². The number of hydrogen-bond acceptors (Lipinski definition) is 8. The Morgan fingerprint density at radius 3 is 2.65 bits per heavy atom. The maximum absolute atomic E-state index is 13.5. The van der Waals surface area contributed by atoms with Crippen molar-refractivity contribution >= 4 is 33.6 Å². The summed E-state index contributed by atoms with van der Waals surface area (Å²) in [4.78, 5) is 14.1. The third kappa shape index (κ3) is 5.35. The molecular formula is C18H21F3N4O4S2. The summed E-state index contributed by atoms with van der Waals surface area (Å²) in [5, 5.41) is 21.3. The lowest BCUT2D eigenvalue weighted by Gasteiger charge is -2.38. The van der Waals surface area contributed by atoms with Crippen LogP contribution in [-0.2, 0) is 22.1 Å². The van der Waals surface area contributed by atoms with Gasteiger partial charge in [0.2, 0.25) is 0 Å². The minimum Gasteiger partial charge on any atom is -0.622 e. The van der Waals surface area contributed by atoms with Crippen LogP contribution < -0.4 is 4.65 Å². The van der Waals surface area contributed by atoms with Crippen LogP contribution in [0.3, 0.4) is 0 Å². The van der Waals surface area contributed by atoms with Gasteiger partial charge in [0.1, 0.15) is 12.4 Å². The van der Waals surface area contributed by atoms with Crippen molar-refractivity contribution in [1.29, 1.82) is 0 Å². The van der Waals surface area contributed by atoms with Gasteiger partial charge in [-0.15, -0.1) is 0 Å². The molecular weight excluding hydrogens is 457 g/mol. The number of unbranched alkanes of at least 4 members (excludes halogenated alkanes) is 1. The van der Waals surface area contributed by atoms with E-state index in [1.165, 1.54) is 0 Å². The molecule has 0 aliphatic carbocycles. The van der Waals surface area contributed by atoms with E-state index in [9.17, 15) is 27.7 Å². The predicted octanol–water partition coefficient (Wildman–Crippen LogP) is 3.36. The van der Waals surface area contributed by atoms with Crippen LogP contribution in [-0.4, -0.2) is 57.9 Å². The summed E-state index contributed by atoms with van der Waals surface area (Å²) in [7, 11) is 1.66. The Morgan fingerprint density at radius 1 is 1.35 bits per heavy atom. The second-order valence-electron chi connectivity index (χ2n) is 7.16. The molecule has 3 rings (SSSR count). The first-order valence-electron chi connectivity index (χ1n) is 9.42. The van der Waals surface area contributed by atoms with Gasteiger partial charge in [0.05, 0.1) is 17.7 Å². The van der Waals surface area contributed by atoms with Crippen molar-refractivity contribution in [3.63, 3.8) is 0 Å². The van der Waals surface area contributed by atoms with Crippen LogP contribution in [0.4, 0.5) is 18.3 Å². The molecule has 1 aliphatic heterocycles. The van der Waals surface area contributed by atoms with Crippen LogP contribution >= 0.6 is 11.3 Å². The van der Waals surface area contributed by atoms with Crippen LogP contribution in [0.5, 0.6) is 0 Å². The fraction of sp³-hybridized carbons (Fsp3) is 0.500. The van der Waals surface area contributed by atoms with Gasteiger partial charge in [-0.1, -0.05) is 23.5 Å². The van der Waals surface area contributed by atoms with Crippen LogP contribution in [0, 0.1) is 5.21 Å². The molecule has 170 valence electrons. The molecule has 1 saturated heterocycles. The Bertz CT molecular complexity index is 912. The number of rotatable bonds is 7. The topological polar surface area (TPSA) is 101 Å². The lowest BCUT2D eigenvalue weighted by molar-refractivity contribution is -0.137. The fourth-order valence-corrected chi connectivity index (χ4v) is 5.36. The number of hydroxylamine groups is 2. The number of likely N-dealkylation sites (N-methyl/N-ethyl adjacent to an activating group) is 1. The summed E-state index contributed by atoms with van der Waals surface area (Å²) in [6.07, 6.45) is -4.10. The highest BCUT2D eigenvalue weighted by Crippen LogP contribution is 2.36. The molecule has 3 atom stereocenters. The number of hydrogen-bond donors (Lipinski definition) is 0. The van der Waals surface area contributed by atoms with Gasteiger partial charge in [0.25, 0.3) is 6.23 Å². The van der Waals surface area contributed by atoms with E-state index in [1.54, 1.807) is 11.9 Å². The zero-order valence-corrected chi connectivity index (χ0v) is 18.4. The van der Waals surface area contributed by atoms with Gasteiger partial charge in [-0.05, 0) is 37.7 Å². The molecule has 13 heteroatoms. The molecule has 8 nitrogen and oxygen atoms in total. The van der Waals surface area contributed by atoms with Crippen LogP contribution in [0.1, 0.15) is 35.7 Å². The summed E-state index contributed by atoms with van der Waals surface area (Å²) in [5.74, 6) is -0.500. The zero-order chi connectivity index (χ0) is 22.8. The first-order chi connectivity index (χ1) is 14.5. The Kier molecular flexibility index (Phi) is 7.23. The molecule has 0 bridgehead atoms. The number of carbonyl (C=O) groups excluding carboxylic acids is 1. The highest BCUT2D eigenvalue weighted by atomic mass is 32.2. The molecule has 0 amide bonds. The second kappa shape index (κ2) is 9.38. The molecule has 2 heterocycles. The van der Waals surface area contributed by atoms with Gasteiger partial charge in [-0.3, -0.25) is 4.65 Å². The van der Waals surface area contributed by atoms with Crippen molar-refractivity contribution in [2.24, 2.45) is 0 Å². The Labute approximate surface area is 184 Å². The summed E-state index contributed by atoms with van der Waals surface area (Å²) < 4.78 is 54.9. The average molecular weight is 479 g/mol. The number of nitrogens with zero attached hydrogens (tertiary/aromatic N) is 4. The summed E-state index contributed by atoms with van der Waals surface area (Å²) in [6.45, 7) is 2.00. The smallest absolute Gasteiger partial charge is 0.416 e. The van der Waals surface area contributed by atoms with E-state index in [4.69, 9.17) is 4.74 Å². The fourth-order valence-electron chi connectivity index (χ4n) is 3.01. The van der Waals surface area contributed by atoms with E-state index in [-0.39, 0.29) is 28.2 Å². The number of carbonyl (C=O) groups is 1. The second-order valence-corrected chi connectivity index (χ2v) is 9.86. The van der Waals surface area contributed by atoms with Gasteiger partial charge >= 0.3 is 21.6 Å². The number of alkyl halides is 3. The van der Waals surface area contributed by atoms with Gasteiger partial charge in [0.15, 0.2) is 0 Å². The lowest BCUT2D eigenvalue weighted by atomic mass is 10.1. The van der Waals surface area contributed by atoms with Crippen LogP contribution in [0.2, 0.25) is 0 Å². The van der Waals surface area contributed by atoms with E-state index >= 15 is 0 Å². The lowest BCUT2D eigenvalue weighted by Crippen LogP contribution is -2.50. The Hall–Kier alpha value is -1.77. The van der Waals surface area contributed by atoms with E-state index < -0.39 is 39.8 Å². The molecule has 2 aromatic rings. The first-order valence-corrected chi connectivity index (χ1v) is 11.6. The Balaban J connectivity index is 1.76. The SMILES string of the molecule is CCCC[S+]([O-])c1nnc([N+]2([O-])CN(C)CC2OC(=O)c2ccc(C(F)(F)F)cc2)s1. The molecule has 1 fully saturated rings. The zero-order valence-electron chi connectivity index (χ0n) is 16.8.